The van der Waals surface area contributed by atoms with Gasteiger partial charge in [0.25, 0.3) is 0 Å². The Hall–Kier alpha value is -1.59. The van der Waals surface area contributed by atoms with Crippen molar-refractivity contribution < 1.29 is 22.7 Å². The maximum Gasteiger partial charge on any atom is 0.392 e. The van der Waals surface area contributed by atoms with E-state index in [0.29, 0.717) is 6.29 Å². The van der Waals surface area contributed by atoms with Gasteiger partial charge in [-0.05, 0) is 6.07 Å². The monoisotopic (exact) mass is 219 g/mol. The van der Waals surface area contributed by atoms with Gasteiger partial charge in [0.15, 0.2) is 6.29 Å². The van der Waals surface area contributed by atoms with Gasteiger partial charge in [0.2, 0.25) is 0 Å². The molecule has 82 valence electrons. The number of halogens is 3. The van der Waals surface area contributed by atoms with E-state index in [2.05, 4.69) is 4.98 Å². The first-order chi connectivity index (χ1) is 7.03. The first-order valence-electron chi connectivity index (χ1n) is 4.11. The van der Waals surface area contributed by atoms with Gasteiger partial charge in [-0.25, -0.2) is 0 Å². The van der Waals surface area contributed by atoms with Crippen molar-refractivity contribution in [2.24, 2.45) is 0 Å². The normalized spacial score (nSPS) is 11.1. The third-order valence-corrected chi connectivity index (χ3v) is 1.59. The number of aldehydes is 1. The van der Waals surface area contributed by atoms with Crippen LogP contribution in [0.15, 0.2) is 18.5 Å². The number of pyridine rings is 1. The van der Waals surface area contributed by atoms with E-state index in [0.717, 1.165) is 0 Å². The van der Waals surface area contributed by atoms with Crippen molar-refractivity contribution >= 4 is 6.29 Å². The largest absolute Gasteiger partial charge is 0.491 e. The second kappa shape index (κ2) is 4.77. The summed E-state index contributed by atoms with van der Waals surface area (Å²) in [7, 11) is 0. The van der Waals surface area contributed by atoms with E-state index in [-0.39, 0.29) is 11.3 Å². The smallest absolute Gasteiger partial charge is 0.392 e. The second-order valence-corrected chi connectivity index (χ2v) is 2.74. The number of ether oxygens (including phenoxy) is 1. The molecule has 3 nitrogen and oxygen atoms in total. The Morgan fingerprint density at radius 3 is 2.80 bits per heavy atom. The topological polar surface area (TPSA) is 39.2 Å². The second-order valence-electron chi connectivity index (χ2n) is 2.74. The van der Waals surface area contributed by atoms with Crippen molar-refractivity contribution in [1.29, 1.82) is 0 Å². The average Bonchev–Trinajstić information content (AvgIpc) is 2.16. The van der Waals surface area contributed by atoms with Crippen LogP contribution in [0.25, 0.3) is 0 Å². The molecule has 0 bridgehead atoms. The summed E-state index contributed by atoms with van der Waals surface area (Å²) >= 11 is 0. The minimum Gasteiger partial charge on any atom is -0.491 e. The molecule has 1 rings (SSSR count). The molecule has 0 aliphatic heterocycles. The van der Waals surface area contributed by atoms with Gasteiger partial charge in [0.05, 0.1) is 24.8 Å². The van der Waals surface area contributed by atoms with Gasteiger partial charge in [-0.15, -0.1) is 0 Å². The molecule has 15 heavy (non-hydrogen) atoms. The highest BCUT2D eigenvalue weighted by molar-refractivity contribution is 5.78. The predicted octanol–water partition coefficient (Wildman–Crippen LogP) is 2.23. The van der Waals surface area contributed by atoms with Gasteiger partial charge in [0.1, 0.15) is 5.75 Å². The van der Waals surface area contributed by atoms with Crippen LogP contribution in [0.4, 0.5) is 13.2 Å². The zero-order valence-electron chi connectivity index (χ0n) is 7.62. The molecular weight excluding hydrogens is 211 g/mol. The highest BCUT2D eigenvalue weighted by atomic mass is 19.4. The number of aromatic nitrogens is 1. The van der Waals surface area contributed by atoms with Crippen LogP contribution in [-0.2, 0) is 0 Å². The van der Waals surface area contributed by atoms with Gasteiger partial charge >= 0.3 is 6.18 Å². The van der Waals surface area contributed by atoms with Gasteiger partial charge in [-0.2, -0.15) is 13.2 Å². The van der Waals surface area contributed by atoms with Crippen molar-refractivity contribution in [3.8, 4) is 5.75 Å². The van der Waals surface area contributed by atoms with Gasteiger partial charge < -0.3 is 4.74 Å². The summed E-state index contributed by atoms with van der Waals surface area (Å²) < 4.78 is 40.1. The number of alkyl halides is 3. The molecule has 0 saturated carbocycles. The van der Waals surface area contributed by atoms with Crippen LogP contribution in [0.3, 0.4) is 0 Å². The minimum absolute atomic E-state index is 0.0664. The lowest BCUT2D eigenvalue weighted by Gasteiger charge is -2.09. The van der Waals surface area contributed by atoms with Crippen LogP contribution in [0.1, 0.15) is 16.8 Å². The molecule has 0 aliphatic rings. The van der Waals surface area contributed by atoms with Gasteiger partial charge in [-0.3, -0.25) is 9.78 Å². The fraction of sp³-hybridized carbons (Fsp3) is 0.333. The van der Waals surface area contributed by atoms with E-state index in [1.807, 2.05) is 0 Å². The Balaban J connectivity index is 2.54. The zero-order chi connectivity index (χ0) is 11.3. The molecule has 0 fully saturated rings. The van der Waals surface area contributed by atoms with Crippen LogP contribution in [0.2, 0.25) is 0 Å². The average molecular weight is 219 g/mol. The molecule has 0 unspecified atom stereocenters. The molecule has 0 aromatic carbocycles. The summed E-state index contributed by atoms with van der Waals surface area (Å²) in [4.78, 5) is 14.1. The Labute approximate surface area is 83.9 Å². The van der Waals surface area contributed by atoms with Crippen LogP contribution in [0, 0.1) is 0 Å². The van der Waals surface area contributed by atoms with Crippen molar-refractivity contribution in [2.45, 2.75) is 12.6 Å². The van der Waals surface area contributed by atoms with Crippen LogP contribution in [-0.4, -0.2) is 24.1 Å². The van der Waals surface area contributed by atoms with E-state index in [4.69, 9.17) is 4.74 Å². The molecule has 0 saturated heterocycles. The van der Waals surface area contributed by atoms with Gasteiger partial charge in [-0.1, -0.05) is 0 Å². The van der Waals surface area contributed by atoms with E-state index in [9.17, 15) is 18.0 Å². The lowest BCUT2D eigenvalue weighted by molar-refractivity contribution is -0.139. The Morgan fingerprint density at radius 2 is 2.20 bits per heavy atom. The number of hydrogen-bond donors (Lipinski definition) is 0. The standard InChI is InChI=1S/C9H8F3NO2/c10-9(11,12)2-4-15-8-5-13-3-1-7(8)6-14/h1,3,5-6H,2,4H2. The van der Waals surface area contributed by atoms with Crippen LogP contribution >= 0.6 is 0 Å². The highest BCUT2D eigenvalue weighted by Crippen LogP contribution is 2.21. The van der Waals surface area contributed by atoms with Crippen molar-refractivity contribution in [2.75, 3.05) is 6.61 Å². The summed E-state index contributed by atoms with van der Waals surface area (Å²) in [6.45, 7) is -0.518. The molecule has 0 spiro atoms. The third-order valence-electron chi connectivity index (χ3n) is 1.59. The molecule has 1 heterocycles. The van der Waals surface area contributed by atoms with E-state index in [1.54, 1.807) is 0 Å². The molecule has 1 aromatic heterocycles. The Kier molecular flexibility index (Phi) is 3.65. The molecule has 0 atom stereocenters. The fourth-order valence-electron chi connectivity index (χ4n) is 0.885. The van der Waals surface area contributed by atoms with E-state index in [1.165, 1.54) is 18.5 Å². The Morgan fingerprint density at radius 1 is 1.47 bits per heavy atom. The fourth-order valence-corrected chi connectivity index (χ4v) is 0.885. The zero-order valence-corrected chi connectivity index (χ0v) is 7.62. The quantitative estimate of drug-likeness (QED) is 0.729. The first kappa shape index (κ1) is 11.5. The summed E-state index contributed by atoms with van der Waals surface area (Å²) in [5, 5.41) is 0. The SMILES string of the molecule is O=Cc1ccncc1OCCC(F)(F)F. The van der Waals surface area contributed by atoms with Crippen LogP contribution in [0.5, 0.6) is 5.75 Å². The lowest BCUT2D eigenvalue weighted by Crippen LogP contribution is -2.13. The Bertz CT molecular complexity index is 338. The lowest BCUT2D eigenvalue weighted by atomic mass is 10.3. The maximum atomic E-state index is 11.8. The van der Waals surface area contributed by atoms with Crippen molar-refractivity contribution in [3.05, 3.63) is 24.0 Å². The first-order valence-corrected chi connectivity index (χ1v) is 4.11. The van der Waals surface area contributed by atoms with Crippen molar-refractivity contribution in [1.82, 2.24) is 4.98 Å². The molecule has 0 aliphatic carbocycles. The predicted molar refractivity (Wildman–Crippen MR) is 45.8 cm³/mol. The molecule has 1 aromatic rings. The molecule has 6 heteroatoms. The molecule has 0 radical (unpaired) electrons. The number of rotatable bonds is 4. The van der Waals surface area contributed by atoms with Crippen molar-refractivity contribution in [3.63, 3.8) is 0 Å². The highest BCUT2D eigenvalue weighted by Gasteiger charge is 2.26. The summed E-state index contributed by atoms with van der Waals surface area (Å²) in [5.41, 5.74) is 0.187. The number of nitrogens with zero attached hydrogens (tertiary/aromatic N) is 1. The number of hydrogen-bond acceptors (Lipinski definition) is 3. The maximum absolute atomic E-state index is 11.8. The third kappa shape index (κ3) is 3.97. The van der Waals surface area contributed by atoms with Crippen LogP contribution < -0.4 is 4.74 Å². The van der Waals surface area contributed by atoms with E-state index < -0.39 is 19.2 Å². The molecule has 0 amide bonds. The molecule has 0 N–H and O–H groups in total. The summed E-state index contributed by atoms with van der Waals surface area (Å²) in [6.07, 6.45) is -2.24. The van der Waals surface area contributed by atoms with Gasteiger partial charge in [0, 0.05) is 6.20 Å². The summed E-state index contributed by atoms with van der Waals surface area (Å²) in [5.74, 6) is 0.0664. The number of carbonyl (C=O) groups excluding carboxylic acids is 1. The minimum atomic E-state index is -4.26. The number of carbonyl (C=O) groups is 1. The summed E-state index contributed by atoms with van der Waals surface area (Å²) in [6, 6.07) is 1.37. The molecular formula is C9H8F3NO2. The van der Waals surface area contributed by atoms with E-state index >= 15 is 0 Å².